The van der Waals surface area contributed by atoms with Crippen molar-refractivity contribution in [2.24, 2.45) is 5.73 Å². The van der Waals surface area contributed by atoms with Gasteiger partial charge < -0.3 is 5.73 Å². The standard InChI is InChI=1S/C12H15FN4/c1-8(2)12-11(7-14)15-16-17(12)10-5-3-9(13)4-6-10/h3-6,8H,7,14H2,1-2H3. The molecule has 0 atom stereocenters. The van der Waals surface area contributed by atoms with Crippen molar-refractivity contribution < 1.29 is 4.39 Å². The second-order valence-electron chi connectivity index (χ2n) is 4.17. The van der Waals surface area contributed by atoms with Crippen molar-refractivity contribution in [2.45, 2.75) is 26.3 Å². The van der Waals surface area contributed by atoms with Gasteiger partial charge >= 0.3 is 0 Å². The monoisotopic (exact) mass is 234 g/mol. The molecule has 0 radical (unpaired) electrons. The molecule has 1 heterocycles. The maximum absolute atomic E-state index is 12.9. The molecule has 2 rings (SSSR count). The Balaban J connectivity index is 2.51. The van der Waals surface area contributed by atoms with Crippen LogP contribution in [0.15, 0.2) is 24.3 Å². The Hall–Kier alpha value is -1.75. The van der Waals surface area contributed by atoms with Crippen LogP contribution < -0.4 is 5.73 Å². The Bertz CT molecular complexity index is 502. The van der Waals surface area contributed by atoms with Crippen molar-refractivity contribution in [1.29, 1.82) is 0 Å². The van der Waals surface area contributed by atoms with E-state index in [-0.39, 0.29) is 11.7 Å². The zero-order valence-corrected chi connectivity index (χ0v) is 9.89. The molecule has 5 heteroatoms. The number of rotatable bonds is 3. The van der Waals surface area contributed by atoms with Crippen molar-refractivity contribution >= 4 is 0 Å². The first-order valence-corrected chi connectivity index (χ1v) is 5.54. The van der Waals surface area contributed by atoms with Crippen LogP contribution in [0.25, 0.3) is 5.69 Å². The molecule has 1 aromatic heterocycles. The van der Waals surface area contributed by atoms with Crippen LogP contribution in [-0.2, 0) is 6.54 Å². The van der Waals surface area contributed by atoms with Crippen molar-refractivity contribution in [3.05, 3.63) is 41.5 Å². The molecule has 0 aliphatic rings. The van der Waals surface area contributed by atoms with Crippen LogP contribution in [0.5, 0.6) is 0 Å². The molecule has 0 saturated carbocycles. The molecule has 1 aromatic carbocycles. The predicted octanol–water partition coefficient (Wildman–Crippen LogP) is 1.99. The second-order valence-corrected chi connectivity index (χ2v) is 4.17. The summed E-state index contributed by atoms with van der Waals surface area (Å²) in [4.78, 5) is 0. The van der Waals surface area contributed by atoms with Gasteiger partial charge in [0.15, 0.2) is 0 Å². The summed E-state index contributed by atoms with van der Waals surface area (Å²) in [6, 6.07) is 6.17. The lowest BCUT2D eigenvalue weighted by molar-refractivity contribution is 0.626. The van der Waals surface area contributed by atoms with Crippen LogP contribution in [0.2, 0.25) is 0 Å². The van der Waals surface area contributed by atoms with E-state index >= 15 is 0 Å². The van der Waals surface area contributed by atoms with Crippen LogP contribution >= 0.6 is 0 Å². The fourth-order valence-electron chi connectivity index (χ4n) is 1.82. The Labute approximate surface area is 99.2 Å². The Morgan fingerprint density at radius 2 is 1.94 bits per heavy atom. The van der Waals surface area contributed by atoms with E-state index in [1.807, 2.05) is 0 Å². The molecule has 0 bridgehead atoms. The fourth-order valence-corrected chi connectivity index (χ4v) is 1.82. The third kappa shape index (κ3) is 2.19. The summed E-state index contributed by atoms with van der Waals surface area (Å²) in [5.74, 6) is -0.00684. The number of aromatic nitrogens is 3. The van der Waals surface area contributed by atoms with Crippen LogP contribution in [0.4, 0.5) is 4.39 Å². The van der Waals surface area contributed by atoms with E-state index in [0.717, 1.165) is 17.1 Å². The molecular formula is C12H15FN4. The van der Waals surface area contributed by atoms with E-state index in [1.165, 1.54) is 12.1 Å². The van der Waals surface area contributed by atoms with Crippen molar-refractivity contribution in [2.75, 3.05) is 0 Å². The quantitative estimate of drug-likeness (QED) is 0.883. The van der Waals surface area contributed by atoms with Crippen molar-refractivity contribution in [1.82, 2.24) is 15.0 Å². The summed E-state index contributed by atoms with van der Waals surface area (Å²) in [6.45, 7) is 4.46. The van der Waals surface area contributed by atoms with Crippen molar-refractivity contribution in [3.8, 4) is 5.69 Å². The summed E-state index contributed by atoms with van der Waals surface area (Å²) in [7, 11) is 0. The molecule has 2 aromatic rings. The van der Waals surface area contributed by atoms with Gasteiger partial charge in [-0.25, -0.2) is 9.07 Å². The minimum absolute atomic E-state index is 0.258. The highest BCUT2D eigenvalue weighted by atomic mass is 19.1. The molecule has 0 fully saturated rings. The van der Waals surface area contributed by atoms with Crippen LogP contribution in [0.3, 0.4) is 0 Å². The van der Waals surface area contributed by atoms with E-state index in [2.05, 4.69) is 24.2 Å². The minimum atomic E-state index is -0.265. The van der Waals surface area contributed by atoms with Gasteiger partial charge in [0.05, 0.1) is 11.4 Å². The molecular weight excluding hydrogens is 219 g/mol. The first kappa shape index (κ1) is 11.7. The largest absolute Gasteiger partial charge is 0.325 e. The second kappa shape index (κ2) is 4.63. The molecule has 0 aliphatic carbocycles. The molecule has 2 N–H and O–H groups in total. The smallest absolute Gasteiger partial charge is 0.123 e. The number of hydrogen-bond donors (Lipinski definition) is 1. The fraction of sp³-hybridized carbons (Fsp3) is 0.333. The third-order valence-electron chi connectivity index (χ3n) is 2.59. The van der Waals surface area contributed by atoms with Crippen LogP contribution in [0.1, 0.15) is 31.2 Å². The highest BCUT2D eigenvalue weighted by Crippen LogP contribution is 2.21. The average molecular weight is 234 g/mol. The van der Waals surface area contributed by atoms with Gasteiger partial charge in [-0.2, -0.15) is 0 Å². The van der Waals surface area contributed by atoms with Gasteiger partial charge in [-0.1, -0.05) is 19.1 Å². The van der Waals surface area contributed by atoms with Crippen LogP contribution in [0, 0.1) is 5.82 Å². The van der Waals surface area contributed by atoms with Crippen LogP contribution in [-0.4, -0.2) is 15.0 Å². The third-order valence-corrected chi connectivity index (χ3v) is 2.59. The number of nitrogens with two attached hydrogens (primary N) is 1. The van der Waals surface area contributed by atoms with Crippen molar-refractivity contribution in [3.63, 3.8) is 0 Å². The highest BCUT2D eigenvalue weighted by Gasteiger charge is 2.15. The van der Waals surface area contributed by atoms with Gasteiger partial charge in [0.25, 0.3) is 0 Å². The lowest BCUT2D eigenvalue weighted by Gasteiger charge is -2.10. The Morgan fingerprint density at radius 1 is 1.29 bits per heavy atom. The number of halogens is 1. The number of benzene rings is 1. The molecule has 0 saturated heterocycles. The summed E-state index contributed by atoms with van der Waals surface area (Å²) in [5.41, 5.74) is 8.18. The molecule has 0 aliphatic heterocycles. The number of hydrogen-bond acceptors (Lipinski definition) is 3. The average Bonchev–Trinajstić information content (AvgIpc) is 2.73. The minimum Gasteiger partial charge on any atom is -0.325 e. The van der Waals surface area contributed by atoms with Gasteiger partial charge in [-0.05, 0) is 30.2 Å². The van der Waals surface area contributed by atoms with Gasteiger partial charge in [0, 0.05) is 6.54 Å². The van der Waals surface area contributed by atoms with Gasteiger partial charge in [-0.15, -0.1) is 5.10 Å². The molecule has 0 spiro atoms. The zero-order chi connectivity index (χ0) is 12.4. The lowest BCUT2D eigenvalue weighted by atomic mass is 10.1. The molecule has 0 amide bonds. The van der Waals surface area contributed by atoms with E-state index in [4.69, 9.17) is 5.73 Å². The summed E-state index contributed by atoms with van der Waals surface area (Å²) in [6.07, 6.45) is 0. The predicted molar refractivity (Wildman–Crippen MR) is 63.3 cm³/mol. The SMILES string of the molecule is CC(C)c1c(CN)nnn1-c1ccc(F)cc1. The topological polar surface area (TPSA) is 56.7 Å². The highest BCUT2D eigenvalue weighted by molar-refractivity contribution is 5.34. The maximum Gasteiger partial charge on any atom is 0.123 e. The maximum atomic E-state index is 12.9. The van der Waals surface area contributed by atoms with Gasteiger partial charge in [0.2, 0.25) is 0 Å². The van der Waals surface area contributed by atoms with E-state index in [0.29, 0.717) is 6.54 Å². The lowest BCUT2D eigenvalue weighted by Crippen LogP contribution is -2.07. The summed E-state index contributed by atoms with van der Waals surface area (Å²) in [5, 5.41) is 8.12. The zero-order valence-electron chi connectivity index (χ0n) is 9.89. The first-order chi connectivity index (χ1) is 8.13. The summed E-state index contributed by atoms with van der Waals surface area (Å²) >= 11 is 0. The van der Waals surface area contributed by atoms with E-state index in [9.17, 15) is 4.39 Å². The van der Waals surface area contributed by atoms with Gasteiger partial charge in [-0.3, -0.25) is 0 Å². The Morgan fingerprint density at radius 3 is 2.47 bits per heavy atom. The first-order valence-electron chi connectivity index (χ1n) is 5.54. The summed E-state index contributed by atoms with van der Waals surface area (Å²) < 4.78 is 14.6. The van der Waals surface area contributed by atoms with Gasteiger partial charge in [0.1, 0.15) is 11.5 Å². The molecule has 4 nitrogen and oxygen atoms in total. The molecule has 0 unspecified atom stereocenters. The molecule has 17 heavy (non-hydrogen) atoms. The normalized spacial score (nSPS) is 11.1. The van der Waals surface area contributed by atoms with E-state index in [1.54, 1.807) is 16.8 Å². The Kier molecular flexibility index (Phi) is 3.19. The number of nitrogens with zero attached hydrogens (tertiary/aromatic N) is 3. The van der Waals surface area contributed by atoms with E-state index < -0.39 is 0 Å². The molecule has 90 valence electrons.